The number of nitrogens with zero attached hydrogens (tertiary/aromatic N) is 2. The summed E-state index contributed by atoms with van der Waals surface area (Å²) in [6.45, 7) is 1.94. The van der Waals surface area contributed by atoms with Gasteiger partial charge in [0, 0.05) is 17.0 Å². The maximum atomic E-state index is 13.4. The fourth-order valence-corrected chi connectivity index (χ4v) is 4.79. The van der Waals surface area contributed by atoms with Crippen molar-refractivity contribution in [2.45, 2.75) is 45.1 Å². The fraction of sp³-hybridized carbons (Fsp3) is 0.320. The molecule has 160 valence electrons. The van der Waals surface area contributed by atoms with Crippen LogP contribution in [0.2, 0.25) is 0 Å². The number of carbonyl (C=O) groups excluding carboxylic acids is 2. The molecule has 1 aromatic heterocycles. The van der Waals surface area contributed by atoms with Gasteiger partial charge < -0.3 is 10.2 Å². The van der Waals surface area contributed by atoms with E-state index in [1.807, 2.05) is 54.8 Å². The fourth-order valence-electron chi connectivity index (χ4n) is 4.09. The van der Waals surface area contributed by atoms with Gasteiger partial charge >= 0.3 is 0 Å². The molecular formula is C25H27N3O2S. The maximum Gasteiger partial charge on any atom is 0.254 e. The van der Waals surface area contributed by atoms with Crippen LogP contribution in [0.3, 0.4) is 0 Å². The third-order valence-corrected chi connectivity index (χ3v) is 6.57. The van der Waals surface area contributed by atoms with Crippen molar-refractivity contribution in [2.24, 2.45) is 0 Å². The largest absolute Gasteiger partial charge is 0.326 e. The second-order valence-corrected chi connectivity index (χ2v) is 8.87. The van der Waals surface area contributed by atoms with Crippen LogP contribution in [-0.4, -0.2) is 34.3 Å². The molecule has 5 nitrogen and oxygen atoms in total. The summed E-state index contributed by atoms with van der Waals surface area (Å²) in [5, 5.41) is 5.32. The first-order valence-electron chi connectivity index (χ1n) is 10.8. The highest BCUT2D eigenvalue weighted by Gasteiger charge is 2.28. The Balaban J connectivity index is 1.51. The van der Waals surface area contributed by atoms with Crippen molar-refractivity contribution in [3.63, 3.8) is 0 Å². The predicted molar refractivity (Wildman–Crippen MR) is 125 cm³/mol. The highest BCUT2D eigenvalue weighted by Crippen LogP contribution is 2.25. The van der Waals surface area contributed by atoms with Gasteiger partial charge in [-0.2, -0.15) is 0 Å². The molecule has 1 heterocycles. The Bertz CT molecular complexity index is 1020. The van der Waals surface area contributed by atoms with Crippen molar-refractivity contribution in [3.8, 4) is 11.1 Å². The van der Waals surface area contributed by atoms with E-state index in [2.05, 4.69) is 22.4 Å². The average molecular weight is 434 g/mol. The molecule has 4 rings (SSSR count). The number of aryl methyl sites for hydroxylation is 1. The van der Waals surface area contributed by atoms with Gasteiger partial charge in [0.25, 0.3) is 5.91 Å². The predicted octanol–water partition coefficient (Wildman–Crippen LogP) is 5.53. The molecule has 1 N–H and O–H groups in total. The molecule has 0 saturated heterocycles. The lowest BCUT2D eigenvalue weighted by Crippen LogP contribution is -2.45. The molecule has 31 heavy (non-hydrogen) atoms. The van der Waals surface area contributed by atoms with Crippen LogP contribution in [0, 0.1) is 6.92 Å². The first kappa shape index (κ1) is 21.2. The zero-order valence-corrected chi connectivity index (χ0v) is 18.5. The second-order valence-electron chi connectivity index (χ2n) is 8.01. The van der Waals surface area contributed by atoms with Crippen LogP contribution in [0.1, 0.15) is 48.2 Å². The lowest BCUT2D eigenvalue weighted by Gasteiger charge is -2.34. The number of rotatable bonds is 6. The minimum atomic E-state index is -0.200. The number of hydrogen-bond donors (Lipinski definition) is 1. The van der Waals surface area contributed by atoms with E-state index in [9.17, 15) is 9.59 Å². The molecule has 2 aromatic carbocycles. The lowest BCUT2D eigenvalue weighted by molar-refractivity contribution is -0.117. The van der Waals surface area contributed by atoms with Crippen molar-refractivity contribution in [2.75, 3.05) is 11.9 Å². The minimum absolute atomic E-state index is 0.0442. The van der Waals surface area contributed by atoms with Gasteiger partial charge in [-0.05, 0) is 43.0 Å². The lowest BCUT2D eigenvalue weighted by atomic mass is 9.93. The molecule has 2 amide bonds. The first-order chi connectivity index (χ1) is 15.1. The number of aromatic nitrogens is 1. The van der Waals surface area contributed by atoms with E-state index < -0.39 is 0 Å². The third-order valence-electron chi connectivity index (χ3n) is 5.69. The molecule has 1 saturated carbocycles. The molecule has 0 radical (unpaired) electrons. The molecule has 1 aliphatic carbocycles. The normalized spacial score (nSPS) is 14.2. The van der Waals surface area contributed by atoms with Gasteiger partial charge in [-0.3, -0.25) is 9.59 Å². The van der Waals surface area contributed by atoms with Gasteiger partial charge in [0.2, 0.25) is 5.91 Å². The molecule has 3 aromatic rings. The second kappa shape index (κ2) is 9.88. The Kier molecular flexibility index (Phi) is 6.77. The maximum absolute atomic E-state index is 13.4. The van der Waals surface area contributed by atoms with Crippen molar-refractivity contribution < 1.29 is 9.59 Å². The molecule has 0 bridgehead atoms. The van der Waals surface area contributed by atoms with E-state index in [4.69, 9.17) is 0 Å². The smallest absolute Gasteiger partial charge is 0.254 e. The monoisotopic (exact) mass is 433 g/mol. The zero-order valence-electron chi connectivity index (χ0n) is 17.7. The summed E-state index contributed by atoms with van der Waals surface area (Å²) >= 11 is 1.40. The average Bonchev–Trinajstić information content (AvgIpc) is 3.22. The first-order valence-corrected chi connectivity index (χ1v) is 11.7. The topological polar surface area (TPSA) is 62.3 Å². The summed E-state index contributed by atoms with van der Waals surface area (Å²) in [6.07, 6.45) is 5.26. The summed E-state index contributed by atoms with van der Waals surface area (Å²) in [4.78, 5) is 32.2. The summed E-state index contributed by atoms with van der Waals surface area (Å²) in [7, 11) is 0. The van der Waals surface area contributed by atoms with Crippen molar-refractivity contribution >= 4 is 28.3 Å². The number of amides is 2. The van der Waals surface area contributed by atoms with E-state index in [-0.39, 0.29) is 24.4 Å². The number of hydrogen-bond acceptors (Lipinski definition) is 4. The van der Waals surface area contributed by atoms with Gasteiger partial charge in [-0.15, -0.1) is 11.3 Å². The van der Waals surface area contributed by atoms with E-state index >= 15 is 0 Å². The van der Waals surface area contributed by atoms with Crippen molar-refractivity contribution in [1.82, 2.24) is 9.88 Å². The Hall–Kier alpha value is -2.99. The molecule has 0 atom stereocenters. The van der Waals surface area contributed by atoms with Gasteiger partial charge in [-0.25, -0.2) is 4.98 Å². The molecule has 6 heteroatoms. The number of thiazole rings is 1. The van der Waals surface area contributed by atoms with Gasteiger partial charge in [0.05, 0.1) is 5.69 Å². The van der Waals surface area contributed by atoms with Gasteiger partial charge in [0.1, 0.15) is 6.54 Å². The zero-order chi connectivity index (χ0) is 21.6. The van der Waals surface area contributed by atoms with Crippen LogP contribution in [0.15, 0.2) is 60.0 Å². The highest BCUT2D eigenvalue weighted by atomic mass is 32.1. The van der Waals surface area contributed by atoms with E-state index in [0.717, 1.165) is 42.5 Å². The van der Waals surface area contributed by atoms with Crippen LogP contribution in [0.25, 0.3) is 11.1 Å². The molecule has 1 fully saturated rings. The summed E-state index contributed by atoms with van der Waals surface area (Å²) in [5.74, 6) is -0.286. The van der Waals surface area contributed by atoms with E-state index in [1.165, 1.54) is 17.8 Å². The molecule has 0 unspecified atom stereocenters. The Morgan fingerprint density at radius 2 is 1.68 bits per heavy atom. The third kappa shape index (κ3) is 5.39. The van der Waals surface area contributed by atoms with Gasteiger partial charge in [-0.1, -0.05) is 61.7 Å². The SMILES string of the molecule is Cc1csc(NC(=O)CN(C(=O)c2ccc(-c3ccccc3)cc2)C2CCCCC2)n1. The van der Waals surface area contributed by atoms with Crippen LogP contribution in [0.4, 0.5) is 5.13 Å². The number of carbonyl (C=O) groups is 2. The number of nitrogens with one attached hydrogen (secondary N) is 1. The van der Waals surface area contributed by atoms with E-state index in [1.54, 1.807) is 4.90 Å². The van der Waals surface area contributed by atoms with Crippen molar-refractivity contribution in [3.05, 3.63) is 71.2 Å². The summed E-state index contributed by atoms with van der Waals surface area (Å²) in [5.41, 5.74) is 3.67. The molecule has 0 aliphatic heterocycles. The van der Waals surface area contributed by atoms with Crippen LogP contribution < -0.4 is 5.32 Å². The summed E-state index contributed by atoms with van der Waals surface area (Å²) < 4.78 is 0. The van der Waals surface area contributed by atoms with E-state index in [0.29, 0.717) is 10.7 Å². The standard InChI is InChI=1S/C25H27N3O2S/c1-18-17-31-25(26-18)27-23(29)16-28(22-10-6-3-7-11-22)24(30)21-14-12-20(13-15-21)19-8-4-2-5-9-19/h2,4-5,8-9,12-15,17,22H,3,6-7,10-11,16H2,1H3,(H,26,27,29). The highest BCUT2D eigenvalue weighted by molar-refractivity contribution is 7.13. The van der Waals surface area contributed by atoms with Crippen LogP contribution in [-0.2, 0) is 4.79 Å². The summed E-state index contributed by atoms with van der Waals surface area (Å²) in [6, 6.07) is 17.9. The quantitative estimate of drug-likeness (QED) is 0.556. The Labute approximate surface area is 187 Å². The Morgan fingerprint density at radius 3 is 2.32 bits per heavy atom. The molecule has 1 aliphatic rings. The number of benzene rings is 2. The molecule has 0 spiro atoms. The van der Waals surface area contributed by atoms with Gasteiger partial charge in [0.15, 0.2) is 5.13 Å². The van der Waals surface area contributed by atoms with Crippen LogP contribution in [0.5, 0.6) is 0 Å². The number of anilines is 1. The van der Waals surface area contributed by atoms with Crippen molar-refractivity contribution in [1.29, 1.82) is 0 Å². The Morgan fingerprint density at radius 1 is 1.00 bits per heavy atom. The van der Waals surface area contributed by atoms with Crippen LogP contribution >= 0.6 is 11.3 Å². The minimum Gasteiger partial charge on any atom is -0.326 e. The molecular weight excluding hydrogens is 406 g/mol.